The number of nitrogens with zero attached hydrogens (tertiary/aromatic N) is 4. The van der Waals surface area contributed by atoms with E-state index in [4.69, 9.17) is 0 Å². The first-order valence-corrected chi connectivity index (χ1v) is 6.67. The predicted octanol–water partition coefficient (Wildman–Crippen LogP) is 0.307. The second-order valence-corrected chi connectivity index (χ2v) is 5.38. The van der Waals surface area contributed by atoms with E-state index in [2.05, 4.69) is 26.3 Å². The van der Waals surface area contributed by atoms with Gasteiger partial charge in [-0.05, 0) is 13.8 Å². The number of aliphatic hydroxyl groups excluding tert-OH is 1. The molecule has 102 valence electrons. The van der Waals surface area contributed by atoms with Crippen LogP contribution in [-0.2, 0) is 13.6 Å². The zero-order valence-corrected chi connectivity index (χ0v) is 11.6. The second kappa shape index (κ2) is 5.82. The first kappa shape index (κ1) is 13.5. The molecule has 0 unspecified atom stereocenters. The fraction of sp³-hybridized carbons (Fsp3) is 0.769. The number of rotatable bonds is 4. The van der Waals surface area contributed by atoms with Crippen LogP contribution < -0.4 is 0 Å². The maximum Gasteiger partial charge on any atom is 0.122 e. The molecular formula is C13H24N4O. The summed E-state index contributed by atoms with van der Waals surface area (Å²) in [5.74, 6) is 1.12. The van der Waals surface area contributed by atoms with Crippen LogP contribution in [-0.4, -0.2) is 62.8 Å². The molecule has 0 aromatic carbocycles. The summed E-state index contributed by atoms with van der Waals surface area (Å²) < 4.78 is 2.08. The van der Waals surface area contributed by atoms with Crippen LogP contribution in [0.25, 0.3) is 0 Å². The summed E-state index contributed by atoms with van der Waals surface area (Å²) in [5.41, 5.74) is 0. The fourth-order valence-corrected chi connectivity index (χ4v) is 2.57. The molecule has 0 radical (unpaired) electrons. The molecule has 5 nitrogen and oxygen atoms in total. The Kier molecular flexibility index (Phi) is 4.37. The van der Waals surface area contributed by atoms with Crippen molar-refractivity contribution in [2.24, 2.45) is 7.05 Å². The van der Waals surface area contributed by atoms with Gasteiger partial charge in [0, 0.05) is 51.7 Å². The highest BCUT2D eigenvalue weighted by Gasteiger charge is 2.24. The molecule has 5 heteroatoms. The van der Waals surface area contributed by atoms with Crippen molar-refractivity contribution in [2.45, 2.75) is 32.5 Å². The molecule has 1 fully saturated rings. The van der Waals surface area contributed by atoms with Crippen molar-refractivity contribution in [1.29, 1.82) is 0 Å². The lowest BCUT2D eigenvalue weighted by atomic mass is 10.1. The number of piperazine rings is 1. The Balaban J connectivity index is 1.86. The summed E-state index contributed by atoms with van der Waals surface area (Å²) in [6, 6.07) is 0.494. The van der Waals surface area contributed by atoms with Crippen LogP contribution in [0.2, 0.25) is 0 Å². The molecule has 0 saturated carbocycles. The molecule has 0 bridgehead atoms. The molecule has 1 aliphatic heterocycles. The van der Waals surface area contributed by atoms with E-state index in [1.807, 2.05) is 26.4 Å². The molecule has 0 aliphatic carbocycles. The topological polar surface area (TPSA) is 44.5 Å². The lowest BCUT2D eigenvalue weighted by Gasteiger charge is -2.40. The molecule has 1 aliphatic rings. The summed E-state index contributed by atoms with van der Waals surface area (Å²) in [5, 5.41) is 9.46. The number of aromatic nitrogens is 2. The Bertz CT molecular complexity index is 377. The van der Waals surface area contributed by atoms with Crippen molar-refractivity contribution in [3.63, 3.8) is 0 Å². The number of hydrogen-bond donors (Lipinski definition) is 1. The monoisotopic (exact) mass is 252 g/mol. The molecule has 0 spiro atoms. The van der Waals surface area contributed by atoms with Gasteiger partial charge in [-0.15, -0.1) is 0 Å². The molecule has 1 aromatic heterocycles. The minimum absolute atomic E-state index is 0.242. The van der Waals surface area contributed by atoms with E-state index in [0.29, 0.717) is 6.04 Å². The Morgan fingerprint density at radius 1 is 1.50 bits per heavy atom. The van der Waals surface area contributed by atoms with Gasteiger partial charge in [0.15, 0.2) is 0 Å². The van der Waals surface area contributed by atoms with E-state index < -0.39 is 0 Å². The number of imidazole rings is 1. The first-order chi connectivity index (χ1) is 8.56. The van der Waals surface area contributed by atoms with Crippen LogP contribution in [0, 0.1) is 0 Å². The lowest BCUT2D eigenvalue weighted by molar-refractivity contribution is 0.0411. The quantitative estimate of drug-likeness (QED) is 0.837. The Labute approximate surface area is 109 Å². The number of β-amino-alcohol motifs (C(OH)–C–C–N with tert-alkyl or cyclic N) is 1. The maximum absolute atomic E-state index is 9.46. The highest BCUT2D eigenvalue weighted by atomic mass is 16.3. The van der Waals surface area contributed by atoms with Gasteiger partial charge >= 0.3 is 0 Å². The van der Waals surface area contributed by atoms with Gasteiger partial charge in [0.05, 0.1) is 12.6 Å². The predicted molar refractivity (Wildman–Crippen MR) is 71.2 cm³/mol. The number of aliphatic hydroxyl groups is 1. The molecule has 2 heterocycles. The van der Waals surface area contributed by atoms with Crippen molar-refractivity contribution in [2.75, 3.05) is 26.2 Å². The average Bonchev–Trinajstić information content (AvgIpc) is 2.68. The largest absolute Gasteiger partial charge is 0.392 e. The zero-order chi connectivity index (χ0) is 13.1. The Morgan fingerprint density at radius 2 is 2.28 bits per heavy atom. The van der Waals surface area contributed by atoms with Crippen LogP contribution in [0.1, 0.15) is 19.7 Å². The highest BCUT2D eigenvalue weighted by molar-refractivity contribution is 4.92. The minimum Gasteiger partial charge on any atom is -0.392 e. The Hall–Kier alpha value is -0.910. The third kappa shape index (κ3) is 3.31. The lowest BCUT2D eigenvalue weighted by Crippen LogP contribution is -2.53. The smallest absolute Gasteiger partial charge is 0.122 e. The number of hydrogen-bond acceptors (Lipinski definition) is 4. The maximum atomic E-state index is 9.46. The van der Waals surface area contributed by atoms with E-state index in [0.717, 1.165) is 38.5 Å². The van der Waals surface area contributed by atoms with Crippen LogP contribution in [0.15, 0.2) is 12.4 Å². The first-order valence-electron chi connectivity index (χ1n) is 6.67. The fourth-order valence-electron chi connectivity index (χ4n) is 2.57. The summed E-state index contributed by atoms with van der Waals surface area (Å²) in [6.07, 6.45) is 3.60. The highest BCUT2D eigenvalue weighted by Crippen LogP contribution is 2.12. The van der Waals surface area contributed by atoms with Crippen molar-refractivity contribution >= 4 is 0 Å². The molecule has 18 heavy (non-hydrogen) atoms. The van der Waals surface area contributed by atoms with Gasteiger partial charge in [-0.3, -0.25) is 9.80 Å². The molecule has 1 saturated heterocycles. The second-order valence-electron chi connectivity index (χ2n) is 5.38. The van der Waals surface area contributed by atoms with E-state index in [-0.39, 0.29) is 6.10 Å². The van der Waals surface area contributed by atoms with Gasteiger partial charge in [0.25, 0.3) is 0 Å². The van der Waals surface area contributed by atoms with Gasteiger partial charge in [0.2, 0.25) is 0 Å². The van der Waals surface area contributed by atoms with E-state index >= 15 is 0 Å². The molecule has 1 N–H and O–H groups in total. The van der Waals surface area contributed by atoms with E-state index in [1.54, 1.807) is 0 Å². The van der Waals surface area contributed by atoms with E-state index in [1.165, 1.54) is 0 Å². The van der Waals surface area contributed by atoms with Gasteiger partial charge in [-0.25, -0.2) is 4.98 Å². The van der Waals surface area contributed by atoms with Crippen molar-refractivity contribution in [3.05, 3.63) is 18.2 Å². The van der Waals surface area contributed by atoms with Crippen molar-refractivity contribution < 1.29 is 5.11 Å². The third-order valence-corrected chi connectivity index (χ3v) is 3.63. The summed E-state index contributed by atoms with van der Waals surface area (Å²) >= 11 is 0. The zero-order valence-electron chi connectivity index (χ0n) is 11.6. The van der Waals surface area contributed by atoms with Gasteiger partial charge in [-0.2, -0.15) is 0 Å². The molecular weight excluding hydrogens is 228 g/mol. The summed E-state index contributed by atoms with van der Waals surface area (Å²) in [6.45, 7) is 8.88. The SMILES string of the molecule is C[C@H](O)CN1CCN(Cc2nccn2C)C[C@@H]1C. The average molecular weight is 252 g/mol. The molecule has 2 rings (SSSR count). The Morgan fingerprint density at radius 3 is 2.83 bits per heavy atom. The standard InChI is InChI=1S/C13H24N4O/c1-11-8-16(6-7-17(11)9-12(2)18)10-13-14-4-5-15(13)3/h4-5,11-12,18H,6-10H2,1-3H3/t11-,12-/m0/s1. The number of aryl methyl sites for hydroxylation is 1. The van der Waals surface area contributed by atoms with Crippen LogP contribution in [0.4, 0.5) is 0 Å². The molecule has 1 aromatic rings. The minimum atomic E-state index is -0.242. The van der Waals surface area contributed by atoms with Crippen LogP contribution >= 0.6 is 0 Å². The summed E-state index contributed by atoms with van der Waals surface area (Å²) in [4.78, 5) is 9.17. The van der Waals surface area contributed by atoms with Crippen LogP contribution in [0.3, 0.4) is 0 Å². The van der Waals surface area contributed by atoms with Gasteiger partial charge in [0.1, 0.15) is 5.82 Å². The van der Waals surface area contributed by atoms with Gasteiger partial charge < -0.3 is 9.67 Å². The van der Waals surface area contributed by atoms with E-state index in [9.17, 15) is 5.11 Å². The third-order valence-electron chi connectivity index (χ3n) is 3.63. The summed E-state index contributed by atoms with van der Waals surface area (Å²) in [7, 11) is 2.04. The van der Waals surface area contributed by atoms with Crippen molar-refractivity contribution in [3.8, 4) is 0 Å². The normalized spacial score (nSPS) is 24.3. The van der Waals surface area contributed by atoms with Crippen LogP contribution in [0.5, 0.6) is 0 Å². The van der Waals surface area contributed by atoms with Crippen molar-refractivity contribution in [1.82, 2.24) is 19.4 Å². The molecule has 0 amide bonds. The molecule has 2 atom stereocenters. The van der Waals surface area contributed by atoms with Gasteiger partial charge in [-0.1, -0.05) is 0 Å².